The second-order valence-electron chi connectivity index (χ2n) is 4.58. The van der Waals surface area contributed by atoms with E-state index >= 15 is 0 Å². The highest BCUT2D eigenvalue weighted by atomic mass is 32.1. The van der Waals surface area contributed by atoms with E-state index in [9.17, 15) is 15.0 Å². The number of thiol groups is 1. The van der Waals surface area contributed by atoms with Crippen LogP contribution in [0.15, 0.2) is 11.1 Å². The van der Waals surface area contributed by atoms with Gasteiger partial charge in [0, 0.05) is 0 Å². The predicted octanol–water partition coefficient (Wildman–Crippen LogP) is -1.82. The topological polar surface area (TPSA) is 149 Å². The Balaban J connectivity index is 2.10. The molecule has 2 aromatic heterocycles. The van der Waals surface area contributed by atoms with Crippen molar-refractivity contribution < 1.29 is 19.1 Å². The molecule has 1 fully saturated rings. The molecular weight excluding hydrogens is 302 g/mol. The number of nitrogens with two attached hydrogens (primary N) is 1. The third-order valence-corrected chi connectivity index (χ3v) is 3.58. The highest BCUT2D eigenvalue weighted by Crippen LogP contribution is 2.33. The summed E-state index contributed by atoms with van der Waals surface area (Å²) in [7, 11) is 0. The predicted molar refractivity (Wildman–Crippen MR) is 73.4 cm³/mol. The van der Waals surface area contributed by atoms with Crippen molar-refractivity contribution in [2.75, 3.05) is 12.3 Å². The molecular formula is C10H13N5O5S. The number of fused-ring (bicyclic) bond motifs is 1. The summed E-state index contributed by atoms with van der Waals surface area (Å²) in [6.07, 6.45) is -2.33. The number of nitrogen functional groups attached to an aromatic ring is 1. The van der Waals surface area contributed by atoms with Crippen LogP contribution in [0.1, 0.15) is 6.23 Å². The number of imidazole rings is 1. The maximum Gasteiger partial charge on any atom is 0.280 e. The minimum Gasteiger partial charge on any atom is -0.394 e. The standard InChI is InChI=1S/C10H13N5O5S/c11-10-13-7-4(8(18)14-10)12-2-15(7)9-6(20-21)5(17)3(1-16)19-9/h2-3,5-6,9,16-17,21H,1H2,(H3,11,13,14,18)/t3-,5+,6-,9-/m1/s1. The van der Waals surface area contributed by atoms with Gasteiger partial charge in [0.05, 0.1) is 12.9 Å². The second kappa shape index (κ2) is 5.27. The minimum absolute atomic E-state index is 0.0742. The molecule has 0 saturated carbocycles. The number of aliphatic hydroxyl groups is 2. The summed E-state index contributed by atoms with van der Waals surface area (Å²) in [6.45, 7) is -0.395. The lowest BCUT2D eigenvalue weighted by Gasteiger charge is -2.18. The molecule has 3 rings (SSSR count). The summed E-state index contributed by atoms with van der Waals surface area (Å²) in [5.74, 6) is -0.0742. The molecule has 11 heteroatoms. The molecule has 0 radical (unpaired) electrons. The number of aromatic amines is 1. The molecule has 0 aromatic carbocycles. The van der Waals surface area contributed by atoms with Crippen molar-refractivity contribution in [3.8, 4) is 0 Å². The van der Waals surface area contributed by atoms with Crippen LogP contribution in [-0.4, -0.2) is 54.7 Å². The number of hydrogen-bond acceptors (Lipinski definition) is 9. The van der Waals surface area contributed by atoms with Crippen LogP contribution in [0.2, 0.25) is 0 Å². The van der Waals surface area contributed by atoms with Crippen LogP contribution in [0.3, 0.4) is 0 Å². The lowest BCUT2D eigenvalue weighted by molar-refractivity contribution is -0.0475. The first kappa shape index (κ1) is 14.3. The quantitative estimate of drug-likeness (QED) is 0.328. The van der Waals surface area contributed by atoms with Gasteiger partial charge in [-0.2, -0.15) is 4.98 Å². The Labute approximate surface area is 123 Å². The first-order chi connectivity index (χ1) is 10.1. The zero-order valence-corrected chi connectivity index (χ0v) is 11.5. The fraction of sp³-hybridized carbons (Fsp3) is 0.500. The Morgan fingerprint density at radius 1 is 1.62 bits per heavy atom. The molecule has 0 bridgehead atoms. The Bertz CT molecular complexity index is 717. The number of aromatic nitrogens is 4. The van der Waals surface area contributed by atoms with Crippen molar-refractivity contribution in [1.82, 2.24) is 19.5 Å². The molecule has 114 valence electrons. The van der Waals surface area contributed by atoms with E-state index in [0.29, 0.717) is 0 Å². The fourth-order valence-corrected chi connectivity index (χ4v) is 2.56. The van der Waals surface area contributed by atoms with Gasteiger partial charge in [-0.05, 0) is 12.9 Å². The lowest BCUT2D eigenvalue weighted by atomic mass is 10.1. The zero-order chi connectivity index (χ0) is 15.1. The molecule has 1 aliphatic heterocycles. The van der Waals surface area contributed by atoms with Gasteiger partial charge in [-0.25, -0.2) is 4.98 Å². The van der Waals surface area contributed by atoms with Crippen LogP contribution < -0.4 is 11.3 Å². The van der Waals surface area contributed by atoms with Gasteiger partial charge in [-0.3, -0.25) is 14.3 Å². The van der Waals surface area contributed by atoms with Crippen LogP contribution in [0.4, 0.5) is 5.95 Å². The van der Waals surface area contributed by atoms with E-state index in [0.717, 1.165) is 0 Å². The maximum absolute atomic E-state index is 11.7. The molecule has 0 unspecified atom stereocenters. The molecule has 0 aliphatic carbocycles. The third kappa shape index (κ3) is 2.18. The molecule has 2 aromatic rings. The normalized spacial score (nSPS) is 29.3. The van der Waals surface area contributed by atoms with E-state index < -0.39 is 36.7 Å². The molecule has 5 N–H and O–H groups in total. The van der Waals surface area contributed by atoms with E-state index in [2.05, 4.69) is 27.9 Å². The molecule has 0 spiro atoms. The Morgan fingerprint density at radius 2 is 2.38 bits per heavy atom. The van der Waals surface area contributed by atoms with Crippen molar-refractivity contribution in [2.45, 2.75) is 24.5 Å². The van der Waals surface area contributed by atoms with Gasteiger partial charge in [0.2, 0.25) is 5.95 Å². The van der Waals surface area contributed by atoms with Gasteiger partial charge in [0.15, 0.2) is 17.4 Å². The minimum atomic E-state index is -1.09. The van der Waals surface area contributed by atoms with Crippen LogP contribution in [0.5, 0.6) is 0 Å². The Hall–Kier alpha value is -1.66. The molecule has 21 heavy (non-hydrogen) atoms. The third-order valence-electron chi connectivity index (χ3n) is 3.34. The SMILES string of the molecule is Nc1nc2c(ncn2[C@@H]2O[C@H](CO)[C@H](O)[C@H]2OS)c(=O)[nH]1. The van der Waals surface area contributed by atoms with E-state index in [1.54, 1.807) is 0 Å². The van der Waals surface area contributed by atoms with Crippen LogP contribution in [-0.2, 0) is 8.92 Å². The van der Waals surface area contributed by atoms with Gasteiger partial charge >= 0.3 is 0 Å². The van der Waals surface area contributed by atoms with Crippen LogP contribution in [0.25, 0.3) is 11.2 Å². The van der Waals surface area contributed by atoms with Crippen molar-refractivity contribution in [1.29, 1.82) is 0 Å². The van der Waals surface area contributed by atoms with Gasteiger partial charge < -0.3 is 24.9 Å². The first-order valence-electron chi connectivity index (χ1n) is 6.03. The number of ether oxygens (including phenoxy) is 1. The summed E-state index contributed by atoms with van der Waals surface area (Å²) < 4.78 is 11.8. The molecule has 3 heterocycles. The van der Waals surface area contributed by atoms with E-state index in [1.807, 2.05) is 0 Å². The average Bonchev–Trinajstić information content (AvgIpc) is 2.99. The fourth-order valence-electron chi connectivity index (χ4n) is 2.34. The number of nitrogens with zero attached hydrogens (tertiary/aromatic N) is 3. The molecule has 4 atom stereocenters. The van der Waals surface area contributed by atoms with E-state index in [-0.39, 0.29) is 17.1 Å². The van der Waals surface area contributed by atoms with Gasteiger partial charge in [-0.1, -0.05) is 0 Å². The van der Waals surface area contributed by atoms with Crippen LogP contribution >= 0.6 is 12.9 Å². The van der Waals surface area contributed by atoms with E-state index in [4.69, 9.17) is 14.7 Å². The summed E-state index contributed by atoms with van der Waals surface area (Å²) in [6, 6.07) is 0. The molecule has 0 amide bonds. The first-order valence-corrected chi connectivity index (χ1v) is 6.40. The number of hydrogen-bond donors (Lipinski definition) is 5. The zero-order valence-electron chi connectivity index (χ0n) is 10.6. The van der Waals surface area contributed by atoms with Gasteiger partial charge in [0.1, 0.15) is 18.3 Å². The summed E-state index contributed by atoms with van der Waals surface area (Å²) in [4.78, 5) is 22.0. The van der Waals surface area contributed by atoms with Crippen LogP contribution in [0, 0.1) is 0 Å². The summed E-state index contributed by atoms with van der Waals surface area (Å²) in [5.41, 5.74) is 5.29. The Morgan fingerprint density at radius 3 is 3.05 bits per heavy atom. The molecule has 1 aliphatic rings. The molecule has 10 nitrogen and oxygen atoms in total. The van der Waals surface area contributed by atoms with Gasteiger partial charge in [0.25, 0.3) is 5.56 Å². The van der Waals surface area contributed by atoms with Crippen molar-refractivity contribution in [3.63, 3.8) is 0 Å². The number of H-pyrrole nitrogens is 1. The van der Waals surface area contributed by atoms with Crippen molar-refractivity contribution in [3.05, 3.63) is 16.7 Å². The largest absolute Gasteiger partial charge is 0.394 e. The average molecular weight is 315 g/mol. The number of aliphatic hydroxyl groups excluding tert-OH is 2. The maximum atomic E-state index is 11.7. The molecule has 1 saturated heterocycles. The van der Waals surface area contributed by atoms with Crippen molar-refractivity contribution >= 4 is 30.0 Å². The van der Waals surface area contributed by atoms with Crippen molar-refractivity contribution in [2.24, 2.45) is 0 Å². The lowest BCUT2D eigenvalue weighted by Crippen LogP contribution is -2.33. The highest BCUT2D eigenvalue weighted by Gasteiger charge is 2.45. The Kier molecular flexibility index (Phi) is 3.59. The monoisotopic (exact) mass is 315 g/mol. The van der Waals surface area contributed by atoms with Gasteiger partial charge in [-0.15, -0.1) is 0 Å². The summed E-state index contributed by atoms with van der Waals surface area (Å²) in [5, 5.41) is 19.2. The smallest absolute Gasteiger partial charge is 0.280 e. The number of rotatable bonds is 3. The highest BCUT2D eigenvalue weighted by molar-refractivity contribution is 7.75. The number of nitrogens with one attached hydrogen (secondary N) is 1. The summed E-state index contributed by atoms with van der Waals surface area (Å²) >= 11 is 3.71. The number of anilines is 1. The second-order valence-corrected chi connectivity index (χ2v) is 4.79. The van der Waals surface area contributed by atoms with E-state index in [1.165, 1.54) is 10.9 Å².